The van der Waals surface area contributed by atoms with Crippen LogP contribution in [0.5, 0.6) is 11.5 Å². The second-order valence-electron chi connectivity index (χ2n) is 6.61. The van der Waals surface area contributed by atoms with Crippen LogP contribution < -0.4 is 9.46 Å². The average Bonchev–Trinajstić information content (AvgIpc) is 2.65. The van der Waals surface area contributed by atoms with Crippen LogP contribution in [0.25, 0.3) is 0 Å². The summed E-state index contributed by atoms with van der Waals surface area (Å²) in [6, 6.07) is 5.05. The first kappa shape index (κ1) is 27.7. The molecule has 0 aliphatic rings. The molecule has 0 heterocycles. The molecule has 2 rings (SSSR count). The lowest BCUT2D eigenvalue weighted by Crippen LogP contribution is -2.40. The molecular weight excluding hydrogens is 540 g/mol. The third-order valence-electron chi connectivity index (χ3n) is 4.07. The Morgan fingerprint density at radius 1 is 1.00 bits per heavy atom. The maximum Gasteiger partial charge on any atom is 0.516 e. The van der Waals surface area contributed by atoms with E-state index in [0.29, 0.717) is 6.07 Å². The summed E-state index contributed by atoms with van der Waals surface area (Å²) in [5.74, 6) is -3.24. The van der Waals surface area contributed by atoms with Crippen LogP contribution in [0.1, 0.15) is 18.1 Å². The quantitative estimate of drug-likeness (QED) is 0.508. The fourth-order valence-corrected chi connectivity index (χ4v) is 4.16. The summed E-state index contributed by atoms with van der Waals surface area (Å²) in [6.07, 6.45) is -5.96. The van der Waals surface area contributed by atoms with Gasteiger partial charge < -0.3 is 4.74 Å². The van der Waals surface area contributed by atoms with Gasteiger partial charge >= 0.3 is 21.7 Å². The Morgan fingerprint density at radius 3 is 2.15 bits per heavy atom. The number of carbonyl (C=O) groups excluding carboxylic acids is 1. The minimum atomic E-state index is -5.96. The topological polar surface area (TPSA) is 107 Å². The minimum absolute atomic E-state index is 0.184. The third-order valence-corrected chi connectivity index (χ3v) is 7.13. The van der Waals surface area contributed by atoms with Crippen LogP contribution in [0.2, 0.25) is 5.02 Å². The van der Waals surface area contributed by atoms with E-state index < -0.39 is 65.8 Å². The first-order valence-corrected chi connectivity index (χ1v) is 12.4. The molecule has 1 N–H and O–H groups in total. The molecule has 0 fully saturated rings. The molecule has 2 aromatic carbocycles. The predicted molar refractivity (Wildman–Crippen MR) is 108 cm³/mol. The van der Waals surface area contributed by atoms with Gasteiger partial charge in [0.15, 0.2) is 9.84 Å². The van der Waals surface area contributed by atoms with E-state index in [0.717, 1.165) is 35.1 Å². The fourth-order valence-electron chi connectivity index (χ4n) is 2.52. The molecule has 34 heavy (non-hydrogen) atoms. The number of amides is 1. The van der Waals surface area contributed by atoms with Crippen molar-refractivity contribution in [3.8, 4) is 11.5 Å². The van der Waals surface area contributed by atoms with Gasteiger partial charge in [0.2, 0.25) is 5.91 Å². The molecule has 0 aromatic heterocycles. The second kappa shape index (κ2) is 9.62. The van der Waals surface area contributed by atoms with E-state index in [1.165, 1.54) is 6.92 Å². The number of alkyl halides is 6. The van der Waals surface area contributed by atoms with Crippen molar-refractivity contribution >= 4 is 37.4 Å². The monoisotopic (exact) mass is 553 g/mol. The molecule has 16 heteroatoms. The van der Waals surface area contributed by atoms with E-state index in [9.17, 15) is 48.0 Å². The van der Waals surface area contributed by atoms with Gasteiger partial charge in [-0.2, -0.15) is 34.8 Å². The lowest BCUT2D eigenvalue weighted by Gasteiger charge is -2.16. The molecule has 0 radical (unpaired) electrons. The van der Waals surface area contributed by atoms with Gasteiger partial charge in [0, 0.05) is 5.02 Å². The summed E-state index contributed by atoms with van der Waals surface area (Å²) in [7, 11) is -9.94. The van der Waals surface area contributed by atoms with Crippen LogP contribution >= 0.6 is 11.6 Å². The maximum absolute atomic E-state index is 13.5. The molecule has 0 aliphatic heterocycles. The SMILES string of the molecule is CCS(=O)(=O)c1ccc(Oc2cc(Cl)cc(CC(=O)NS(=O)(=O)C(F)(F)F)c2)c(C(F)(F)F)c1. The van der Waals surface area contributed by atoms with E-state index >= 15 is 0 Å². The smallest absolute Gasteiger partial charge is 0.457 e. The van der Waals surface area contributed by atoms with Crippen LogP contribution in [0, 0.1) is 0 Å². The molecule has 0 aliphatic carbocycles. The number of ether oxygens (including phenoxy) is 1. The molecule has 1 amide bonds. The number of rotatable bonds is 7. The number of hydrogen-bond donors (Lipinski definition) is 1. The summed E-state index contributed by atoms with van der Waals surface area (Å²) in [5, 5.41) is -0.197. The molecule has 7 nitrogen and oxygen atoms in total. The number of carbonyl (C=O) groups is 1. The molecule has 0 saturated heterocycles. The number of nitrogens with one attached hydrogen (secondary N) is 1. The van der Waals surface area contributed by atoms with Crippen LogP contribution in [0.3, 0.4) is 0 Å². The minimum Gasteiger partial charge on any atom is -0.457 e. The standard InChI is InChI=1S/C18H14ClF6NO6S2/c1-2-33(28,29)13-3-4-15(14(9-13)17(20,21)22)32-12-6-10(5-11(19)8-12)7-16(27)26-34(30,31)18(23,24)25/h3-6,8-9H,2,7H2,1H3,(H,26,27). The van der Waals surface area contributed by atoms with Crippen LogP contribution in [-0.4, -0.2) is 34.0 Å². The van der Waals surface area contributed by atoms with Crippen molar-refractivity contribution in [1.29, 1.82) is 0 Å². The Balaban J connectivity index is 2.38. The van der Waals surface area contributed by atoms with E-state index in [4.69, 9.17) is 16.3 Å². The van der Waals surface area contributed by atoms with Crippen LogP contribution in [0.4, 0.5) is 26.3 Å². The molecule has 0 bridgehead atoms. The van der Waals surface area contributed by atoms with Crippen molar-refractivity contribution in [3.05, 3.63) is 52.5 Å². The van der Waals surface area contributed by atoms with Gasteiger partial charge in [0.05, 0.1) is 22.6 Å². The van der Waals surface area contributed by atoms with Crippen LogP contribution in [-0.2, 0) is 37.3 Å². The molecule has 0 spiro atoms. The highest BCUT2D eigenvalue weighted by Gasteiger charge is 2.47. The lowest BCUT2D eigenvalue weighted by molar-refractivity contribution is -0.138. The van der Waals surface area contributed by atoms with E-state index in [2.05, 4.69) is 0 Å². The van der Waals surface area contributed by atoms with Crippen LogP contribution in [0.15, 0.2) is 41.3 Å². The van der Waals surface area contributed by atoms with Crippen molar-refractivity contribution in [2.24, 2.45) is 0 Å². The summed E-state index contributed by atoms with van der Waals surface area (Å²) in [6.45, 7) is 1.25. The Labute approximate surface area is 194 Å². The van der Waals surface area contributed by atoms with Crippen molar-refractivity contribution in [2.45, 2.75) is 29.9 Å². The van der Waals surface area contributed by atoms with E-state index in [1.807, 2.05) is 0 Å². The normalized spacial score (nSPS) is 12.9. The highest BCUT2D eigenvalue weighted by atomic mass is 35.5. The second-order valence-corrected chi connectivity index (χ2v) is 11.0. The summed E-state index contributed by atoms with van der Waals surface area (Å²) < 4.78 is 130. The molecule has 188 valence electrons. The summed E-state index contributed by atoms with van der Waals surface area (Å²) in [5.41, 5.74) is -7.36. The number of sulfone groups is 1. The van der Waals surface area contributed by atoms with Crippen molar-refractivity contribution in [1.82, 2.24) is 4.72 Å². The van der Waals surface area contributed by atoms with Gasteiger partial charge in [-0.3, -0.25) is 4.79 Å². The molecule has 0 unspecified atom stereocenters. The highest BCUT2D eigenvalue weighted by Crippen LogP contribution is 2.40. The summed E-state index contributed by atoms with van der Waals surface area (Å²) in [4.78, 5) is 11.1. The van der Waals surface area contributed by atoms with Gasteiger partial charge in [-0.15, -0.1) is 0 Å². The Bertz CT molecular complexity index is 1310. The zero-order valence-electron chi connectivity index (χ0n) is 16.8. The third kappa shape index (κ3) is 6.76. The Kier molecular flexibility index (Phi) is 7.84. The number of hydrogen-bond acceptors (Lipinski definition) is 6. The van der Waals surface area contributed by atoms with E-state index in [-0.39, 0.29) is 16.3 Å². The number of halogens is 7. The molecule has 0 atom stereocenters. The van der Waals surface area contributed by atoms with Gasteiger partial charge in [-0.1, -0.05) is 18.5 Å². The highest BCUT2D eigenvalue weighted by molar-refractivity contribution is 7.91. The largest absolute Gasteiger partial charge is 0.516 e. The Morgan fingerprint density at radius 2 is 1.62 bits per heavy atom. The maximum atomic E-state index is 13.5. The van der Waals surface area contributed by atoms with Gasteiger partial charge in [-0.25, -0.2) is 13.1 Å². The zero-order valence-corrected chi connectivity index (χ0v) is 19.2. The van der Waals surface area contributed by atoms with Gasteiger partial charge in [0.1, 0.15) is 11.5 Å². The molecule has 0 saturated carbocycles. The summed E-state index contributed by atoms with van der Waals surface area (Å²) >= 11 is 5.83. The number of benzene rings is 2. The number of sulfonamides is 1. The first-order chi connectivity index (χ1) is 15.4. The fraction of sp³-hybridized carbons (Fsp3) is 0.278. The molecule has 2 aromatic rings. The molecular formula is C18H14ClF6NO6S2. The Hall–Kier alpha value is -2.52. The van der Waals surface area contributed by atoms with E-state index in [1.54, 1.807) is 0 Å². The van der Waals surface area contributed by atoms with Crippen molar-refractivity contribution < 1.29 is 52.7 Å². The first-order valence-electron chi connectivity index (χ1n) is 8.89. The lowest BCUT2D eigenvalue weighted by atomic mass is 10.1. The van der Waals surface area contributed by atoms with Gasteiger partial charge in [0.25, 0.3) is 0 Å². The average molecular weight is 554 g/mol. The van der Waals surface area contributed by atoms with Crippen molar-refractivity contribution in [3.63, 3.8) is 0 Å². The van der Waals surface area contributed by atoms with Gasteiger partial charge in [-0.05, 0) is 42.0 Å². The zero-order chi connectivity index (χ0) is 26.1. The predicted octanol–water partition coefficient (Wildman–Crippen LogP) is 4.45. The van der Waals surface area contributed by atoms with Crippen molar-refractivity contribution in [2.75, 3.05) is 5.75 Å².